The predicted molar refractivity (Wildman–Crippen MR) is 19.4 cm³/mol. The Kier molecular flexibility index (Phi) is 17.4. The second kappa shape index (κ2) is 10.0. The van der Waals surface area contributed by atoms with Crippen LogP contribution in [-0.4, -0.2) is 10.0 Å². The van der Waals surface area contributed by atoms with Gasteiger partial charge in [-0.2, -0.15) is 0 Å². The first-order valence-electron chi connectivity index (χ1n) is 1.18. The third-order valence-electron chi connectivity index (χ3n) is 0. The largest absolute Gasteiger partial charge is 2.00 e. The summed E-state index contributed by atoms with van der Waals surface area (Å²) in [5, 5.41) is 31.4. The topological polar surface area (TPSA) is 146 Å². The summed E-state index contributed by atoms with van der Waals surface area (Å²) in [5.41, 5.74) is 10.6. The fraction of sp³-hybridized carbons (Fsp3) is 0. The molecule has 0 bridgehead atoms. The van der Waals surface area contributed by atoms with Gasteiger partial charge in [0.05, 0.1) is 0 Å². The Labute approximate surface area is 59.9 Å². The van der Waals surface area contributed by atoms with E-state index in [2.05, 4.69) is 0 Å². The molecule has 2 N–H and O–H groups in total. The SMILES string of the molecule is N=[N+]([O-])[O-].N=[N+]([O-])[O-].[Cu+2]. The summed E-state index contributed by atoms with van der Waals surface area (Å²) >= 11 is 0. The molecular weight excluding hydrogens is 184 g/mol. The van der Waals surface area contributed by atoms with Gasteiger partial charge in [-0.25, -0.2) is 0 Å². The summed E-state index contributed by atoms with van der Waals surface area (Å²) in [4.78, 5) is 0. The summed E-state index contributed by atoms with van der Waals surface area (Å²) in [6, 6.07) is 0. The van der Waals surface area contributed by atoms with E-state index in [1.54, 1.807) is 0 Å². The summed E-state index contributed by atoms with van der Waals surface area (Å²) < 4.78 is 0. The van der Waals surface area contributed by atoms with Gasteiger partial charge in [-0.1, -0.05) is 10.0 Å². The van der Waals surface area contributed by atoms with Gasteiger partial charge in [0.2, 0.25) is 0 Å². The van der Waals surface area contributed by atoms with Crippen molar-refractivity contribution >= 4 is 0 Å². The molecule has 57 valence electrons. The van der Waals surface area contributed by atoms with Crippen molar-refractivity contribution in [2.75, 3.05) is 0 Å². The van der Waals surface area contributed by atoms with Crippen LogP contribution in [0.1, 0.15) is 0 Å². The maximum atomic E-state index is 8.47. The van der Waals surface area contributed by atoms with E-state index in [0.29, 0.717) is 0 Å². The predicted octanol–water partition coefficient (Wildman–Crippen LogP) is 0.0484. The summed E-state index contributed by atoms with van der Waals surface area (Å²) in [7, 11) is 0. The van der Waals surface area contributed by atoms with Gasteiger partial charge < -0.3 is 20.8 Å². The zero-order chi connectivity index (χ0) is 7.15. The molecule has 1 radical (unpaired) electrons. The Morgan fingerprint density at radius 3 is 0.778 bits per heavy atom. The molecule has 0 spiro atoms. The quantitative estimate of drug-likeness (QED) is 0.312. The van der Waals surface area contributed by atoms with Crippen LogP contribution in [0, 0.1) is 31.9 Å². The van der Waals surface area contributed by atoms with E-state index in [9.17, 15) is 0 Å². The van der Waals surface area contributed by atoms with Crippen LogP contribution in [0.2, 0.25) is 0 Å². The van der Waals surface area contributed by atoms with Crippen LogP contribution in [0.4, 0.5) is 0 Å². The fourth-order valence-corrected chi connectivity index (χ4v) is 0. The zero-order valence-electron chi connectivity index (χ0n) is 3.83. The molecule has 0 aromatic rings. The smallest absolute Gasteiger partial charge is 0.588 e. The van der Waals surface area contributed by atoms with E-state index in [-0.39, 0.29) is 17.1 Å². The van der Waals surface area contributed by atoms with Gasteiger partial charge in [-0.15, -0.1) is 0 Å². The molecule has 9 heteroatoms. The molecule has 9 heavy (non-hydrogen) atoms. The van der Waals surface area contributed by atoms with Crippen molar-refractivity contribution in [2.45, 2.75) is 0 Å². The Balaban J connectivity index is -0.0000000720. The Morgan fingerprint density at radius 1 is 0.778 bits per heavy atom. The molecule has 0 aliphatic heterocycles. The molecule has 0 aliphatic carbocycles. The van der Waals surface area contributed by atoms with Crippen molar-refractivity contribution in [3.63, 3.8) is 0 Å². The average Bonchev–Trinajstić information content (AvgIpc) is 1.25. The Bertz CT molecular complexity index is 70.6. The zero-order valence-corrected chi connectivity index (χ0v) is 4.77. The molecule has 0 aromatic carbocycles. The van der Waals surface area contributed by atoms with Gasteiger partial charge in [0.1, 0.15) is 0 Å². The molecule has 0 heterocycles. The fourth-order valence-electron chi connectivity index (χ4n) is 0. The molecule has 8 nitrogen and oxygen atoms in total. The second-order valence-corrected chi connectivity index (χ2v) is 0.514. The van der Waals surface area contributed by atoms with Crippen LogP contribution in [0.5, 0.6) is 0 Å². The third-order valence-corrected chi connectivity index (χ3v) is 0. The molecule has 0 atom stereocenters. The van der Waals surface area contributed by atoms with E-state index in [0.717, 1.165) is 0 Å². The summed E-state index contributed by atoms with van der Waals surface area (Å²) in [6.45, 7) is 0. The molecule has 0 fully saturated rings. The number of hydrogen-bond acceptors (Lipinski definition) is 6. The standard InChI is InChI=1S/Cu.2HN2O2/c;2*1-2(3)4/h;2*(H-,1,3,4)/q+2;2*-1. The minimum atomic E-state index is -1.25. The van der Waals surface area contributed by atoms with Crippen LogP contribution >= 0.6 is 0 Å². The summed E-state index contributed by atoms with van der Waals surface area (Å²) in [6.07, 6.45) is 0. The van der Waals surface area contributed by atoms with E-state index >= 15 is 0 Å². The van der Waals surface area contributed by atoms with Crippen molar-refractivity contribution in [3.8, 4) is 0 Å². The van der Waals surface area contributed by atoms with Gasteiger partial charge in [0, 0.05) is 0 Å². The van der Waals surface area contributed by atoms with Crippen molar-refractivity contribution in [3.05, 3.63) is 20.8 Å². The molecule has 0 saturated carbocycles. The van der Waals surface area contributed by atoms with Crippen molar-refractivity contribution in [2.24, 2.45) is 0 Å². The van der Waals surface area contributed by atoms with E-state index in [1.807, 2.05) is 0 Å². The van der Waals surface area contributed by atoms with Crippen LogP contribution < -0.4 is 0 Å². The van der Waals surface area contributed by atoms with Gasteiger partial charge in [0.15, 0.2) is 0 Å². The molecular formula is H2CuN4O4. The van der Waals surface area contributed by atoms with Crippen LogP contribution in [0.3, 0.4) is 0 Å². The normalized spacial score (nSPS) is 5.33. The first-order valence-corrected chi connectivity index (χ1v) is 1.18. The Hall–Kier alpha value is -1.08. The van der Waals surface area contributed by atoms with Crippen molar-refractivity contribution in [1.82, 2.24) is 0 Å². The minimum Gasteiger partial charge on any atom is -0.588 e. The van der Waals surface area contributed by atoms with Gasteiger partial charge in [-0.3, -0.25) is 0 Å². The minimum absolute atomic E-state index is 0. The van der Waals surface area contributed by atoms with Crippen LogP contribution in [-0.2, 0) is 17.1 Å². The molecule has 0 rings (SSSR count). The first-order chi connectivity index (χ1) is 3.46. The monoisotopic (exact) mass is 185 g/mol. The van der Waals surface area contributed by atoms with E-state index < -0.39 is 10.0 Å². The number of rotatable bonds is 0. The Morgan fingerprint density at radius 2 is 0.778 bits per heavy atom. The molecule has 0 aliphatic rings. The second-order valence-electron chi connectivity index (χ2n) is 0.514. The van der Waals surface area contributed by atoms with Crippen LogP contribution in [0.15, 0.2) is 0 Å². The van der Waals surface area contributed by atoms with Gasteiger partial charge in [0.25, 0.3) is 0 Å². The van der Waals surface area contributed by atoms with E-state index in [1.165, 1.54) is 0 Å². The van der Waals surface area contributed by atoms with Crippen molar-refractivity contribution in [1.29, 1.82) is 11.1 Å². The molecule has 0 unspecified atom stereocenters. The van der Waals surface area contributed by atoms with Crippen molar-refractivity contribution < 1.29 is 27.1 Å². The first kappa shape index (κ1) is 15.7. The maximum Gasteiger partial charge on any atom is 2.00 e. The summed E-state index contributed by atoms with van der Waals surface area (Å²) in [5.74, 6) is 0. The average molecular weight is 186 g/mol. The van der Waals surface area contributed by atoms with Gasteiger partial charge in [-0.05, 0) is 11.1 Å². The van der Waals surface area contributed by atoms with Crippen LogP contribution in [0.25, 0.3) is 0 Å². The number of hydrogen-bond donors (Lipinski definition) is 2. The van der Waals surface area contributed by atoms with Gasteiger partial charge >= 0.3 is 17.1 Å². The molecule has 0 amide bonds. The number of nitrogens with zero attached hydrogens (tertiary/aromatic N) is 2. The van der Waals surface area contributed by atoms with E-state index in [4.69, 9.17) is 31.9 Å². The number of nitrogens with one attached hydrogen (secondary N) is 2. The molecule has 0 saturated heterocycles. The molecule has 0 aromatic heterocycles. The third kappa shape index (κ3) is 143. The maximum absolute atomic E-state index is 8.47.